The van der Waals surface area contributed by atoms with Gasteiger partial charge in [-0.05, 0) is 30.7 Å². The number of sulfonamides is 1. The summed E-state index contributed by atoms with van der Waals surface area (Å²) in [7, 11) is -2.20. The second kappa shape index (κ2) is 6.88. The lowest BCUT2D eigenvalue weighted by Crippen LogP contribution is -2.15. The second-order valence-corrected chi connectivity index (χ2v) is 7.83. The monoisotopic (exact) mass is 386 g/mol. The normalized spacial score (nSPS) is 11.4. The van der Waals surface area contributed by atoms with E-state index in [1.54, 1.807) is 49.4 Å². The minimum Gasteiger partial charge on any atom is -0.465 e. The number of esters is 1. The second-order valence-electron chi connectivity index (χ2n) is 6.08. The first-order chi connectivity index (χ1) is 12.7. The average Bonchev–Trinajstić information content (AvgIpc) is 3.01. The summed E-state index contributed by atoms with van der Waals surface area (Å²) >= 11 is 0. The highest BCUT2D eigenvalue weighted by Crippen LogP contribution is 2.26. The van der Waals surface area contributed by atoms with E-state index in [4.69, 9.17) is 4.74 Å². The third-order valence-corrected chi connectivity index (χ3v) is 4.79. The lowest BCUT2D eigenvalue weighted by atomic mass is 10.1. The van der Waals surface area contributed by atoms with Crippen molar-refractivity contribution in [2.24, 2.45) is 0 Å². The summed E-state index contributed by atoms with van der Waals surface area (Å²) in [4.78, 5) is 25.2. The quantitative estimate of drug-likeness (QED) is 0.696. The highest BCUT2D eigenvalue weighted by atomic mass is 32.2. The van der Waals surface area contributed by atoms with Crippen LogP contribution in [0.15, 0.2) is 48.7 Å². The SMILES string of the molecule is COC(=O)c1cn(C(=O)c2cccc(NS(C)(=O)=O)c2C)c2ccccc12. The number of para-hydroxylation sites is 1. The number of benzene rings is 2. The molecule has 2 aromatic carbocycles. The molecule has 0 aliphatic rings. The Bertz CT molecular complexity index is 1160. The zero-order valence-electron chi connectivity index (χ0n) is 15.0. The average molecular weight is 386 g/mol. The Labute approximate surface area is 156 Å². The third-order valence-electron chi connectivity index (χ3n) is 4.20. The molecule has 0 aliphatic heterocycles. The molecule has 1 heterocycles. The summed E-state index contributed by atoms with van der Waals surface area (Å²) in [6.07, 6.45) is 2.48. The van der Waals surface area contributed by atoms with Crippen LogP contribution in [0.5, 0.6) is 0 Å². The van der Waals surface area contributed by atoms with Crippen LogP contribution in [-0.4, -0.2) is 38.2 Å². The van der Waals surface area contributed by atoms with Crippen molar-refractivity contribution in [2.75, 3.05) is 18.1 Å². The summed E-state index contributed by atoms with van der Waals surface area (Å²) in [6.45, 7) is 1.66. The molecule has 3 aromatic rings. The van der Waals surface area contributed by atoms with Gasteiger partial charge in [0.25, 0.3) is 5.91 Å². The fourth-order valence-corrected chi connectivity index (χ4v) is 3.55. The number of nitrogens with one attached hydrogen (secondary N) is 1. The van der Waals surface area contributed by atoms with E-state index < -0.39 is 16.0 Å². The molecule has 0 bridgehead atoms. The molecule has 1 N–H and O–H groups in total. The van der Waals surface area contributed by atoms with Crippen LogP contribution in [-0.2, 0) is 14.8 Å². The molecule has 7 nitrogen and oxygen atoms in total. The summed E-state index contributed by atoms with van der Waals surface area (Å²) in [5.41, 5.74) is 1.98. The Hall–Kier alpha value is -3.13. The van der Waals surface area contributed by atoms with Gasteiger partial charge in [-0.15, -0.1) is 0 Å². The van der Waals surface area contributed by atoms with Crippen molar-refractivity contribution in [1.82, 2.24) is 4.57 Å². The molecule has 0 aliphatic carbocycles. The molecular weight excluding hydrogens is 368 g/mol. The molecular formula is C19H18N2O5S. The summed E-state index contributed by atoms with van der Waals surface area (Å²) in [5.74, 6) is -0.919. The van der Waals surface area contributed by atoms with Crippen LogP contribution in [0.3, 0.4) is 0 Å². The van der Waals surface area contributed by atoms with Crippen molar-refractivity contribution in [1.29, 1.82) is 0 Å². The summed E-state index contributed by atoms with van der Waals surface area (Å²) in [6, 6.07) is 11.8. The molecule has 1 aromatic heterocycles. The molecule has 0 unspecified atom stereocenters. The highest BCUT2D eigenvalue weighted by Gasteiger charge is 2.21. The number of anilines is 1. The van der Waals surface area contributed by atoms with Gasteiger partial charge in [-0.2, -0.15) is 0 Å². The first kappa shape index (κ1) is 18.7. The van der Waals surface area contributed by atoms with Gasteiger partial charge in [0.2, 0.25) is 10.0 Å². The molecule has 8 heteroatoms. The fraction of sp³-hybridized carbons (Fsp3) is 0.158. The van der Waals surface area contributed by atoms with Gasteiger partial charge in [-0.25, -0.2) is 13.2 Å². The van der Waals surface area contributed by atoms with Gasteiger partial charge in [0.05, 0.1) is 30.1 Å². The first-order valence-electron chi connectivity index (χ1n) is 8.03. The zero-order chi connectivity index (χ0) is 19.8. The molecule has 0 saturated heterocycles. The summed E-state index contributed by atoms with van der Waals surface area (Å²) < 4.78 is 31.6. The fourth-order valence-electron chi connectivity index (χ4n) is 2.93. The molecule has 140 valence electrons. The predicted molar refractivity (Wildman–Crippen MR) is 103 cm³/mol. The first-order valence-corrected chi connectivity index (χ1v) is 9.92. The Morgan fingerprint density at radius 2 is 1.74 bits per heavy atom. The van der Waals surface area contributed by atoms with E-state index >= 15 is 0 Å². The summed E-state index contributed by atoms with van der Waals surface area (Å²) in [5, 5.41) is 0.598. The van der Waals surface area contributed by atoms with Crippen LogP contribution in [0.1, 0.15) is 26.3 Å². The van der Waals surface area contributed by atoms with E-state index in [0.29, 0.717) is 27.7 Å². The number of methoxy groups -OCH3 is 1. The molecule has 3 rings (SSSR count). The standard InChI is InChI=1S/C19H18N2O5S/c1-12-13(8-6-9-16(12)20-27(3,24)25)18(22)21-11-15(19(23)26-2)14-7-4-5-10-17(14)21/h4-11,20H,1-3H3. The number of rotatable bonds is 4. The lowest BCUT2D eigenvalue weighted by Gasteiger charge is -2.12. The number of hydrogen-bond donors (Lipinski definition) is 1. The van der Waals surface area contributed by atoms with Gasteiger partial charge in [0, 0.05) is 17.1 Å². The Balaban J connectivity index is 2.15. The molecule has 0 saturated carbocycles. The number of hydrogen-bond acceptors (Lipinski definition) is 5. The minimum atomic E-state index is -3.48. The van der Waals surface area contributed by atoms with Gasteiger partial charge in [0.1, 0.15) is 0 Å². The van der Waals surface area contributed by atoms with E-state index in [0.717, 1.165) is 6.26 Å². The van der Waals surface area contributed by atoms with Crippen LogP contribution in [0.4, 0.5) is 5.69 Å². The van der Waals surface area contributed by atoms with Crippen LogP contribution in [0.2, 0.25) is 0 Å². The van der Waals surface area contributed by atoms with Crippen LogP contribution >= 0.6 is 0 Å². The maximum Gasteiger partial charge on any atom is 0.340 e. The number of nitrogens with zero attached hydrogens (tertiary/aromatic N) is 1. The van der Waals surface area contributed by atoms with Crippen LogP contribution in [0, 0.1) is 6.92 Å². The molecule has 0 amide bonds. The third kappa shape index (κ3) is 3.56. The number of carbonyl (C=O) groups excluding carboxylic acids is 2. The maximum atomic E-state index is 13.2. The van der Waals surface area contributed by atoms with Gasteiger partial charge in [-0.3, -0.25) is 14.1 Å². The topological polar surface area (TPSA) is 94.5 Å². The highest BCUT2D eigenvalue weighted by molar-refractivity contribution is 7.92. The molecule has 0 spiro atoms. The molecule has 0 radical (unpaired) electrons. The molecule has 27 heavy (non-hydrogen) atoms. The van der Waals surface area contributed by atoms with E-state index in [1.165, 1.54) is 17.9 Å². The Kier molecular flexibility index (Phi) is 4.75. The van der Waals surface area contributed by atoms with Crippen molar-refractivity contribution in [3.8, 4) is 0 Å². The van der Waals surface area contributed by atoms with E-state index in [9.17, 15) is 18.0 Å². The van der Waals surface area contributed by atoms with Gasteiger partial charge in [-0.1, -0.05) is 24.3 Å². The Morgan fingerprint density at radius 3 is 2.41 bits per heavy atom. The number of aromatic nitrogens is 1. The van der Waals surface area contributed by atoms with Crippen molar-refractivity contribution in [2.45, 2.75) is 6.92 Å². The van der Waals surface area contributed by atoms with E-state index in [-0.39, 0.29) is 11.5 Å². The van der Waals surface area contributed by atoms with Crippen molar-refractivity contribution < 1.29 is 22.7 Å². The predicted octanol–water partition coefficient (Wildman–Crippen LogP) is 2.80. The van der Waals surface area contributed by atoms with Gasteiger partial charge in [0.15, 0.2) is 0 Å². The zero-order valence-corrected chi connectivity index (χ0v) is 15.8. The number of fused-ring (bicyclic) bond motifs is 1. The largest absolute Gasteiger partial charge is 0.465 e. The Morgan fingerprint density at radius 1 is 1.04 bits per heavy atom. The number of ether oxygens (including phenoxy) is 1. The van der Waals surface area contributed by atoms with Crippen LogP contribution in [0.25, 0.3) is 10.9 Å². The van der Waals surface area contributed by atoms with E-state index in [1.807, 2.05) is 0 Å². The smallest absolute Gasteiger partial charge is 0.340 e. The van der Waals surface area contributed by atoms with Crippen molar-refractivity contribution in [3.63, 3.8) is 0 Å². The minimum absolute atomic E-state index is 0.282. The lowest BCUT2D eigenvalue weighted by molar-refractivity contribution is 0.0603. The van der Waals surface area contributed by atoms with Gasteiger partial charge < -0.3 is 4.74 Å². The van der Waals surface area contributed by atoms with Crippen molar-refractivity contribution >= 4 is 38.5 Å². The van der Waals surface area contributed by atoms with Crippen LogP contribution < -0.4 is 4.72 Å². The number of carbonyl (C=O) groups is 2. The van der Waals surface area contributed by atoms with E-state index in [2.05, 4.69) is 4.72 Å². The molecule has 0 fully saturated rings. The van der Waals surface area contributed by atoms with Crippen molar-refractivity contribution in [3.05, 3.63) is 65.4 Å². The molecule has 0 atom stereocenters. The van der Waals surface area contributed by atoms with Gasteiger partial charge >= 0.3 is 5.97 Å². The maximum absolute atomic E-state index is 13.2.